The van der Waals surface area contributed by atoms with Crippen molar-refractivity contribution in [2.45, 2.75) is 33.2 Å². The normalized spacial score (nSPS) is 10.7. The van der Waals surface area contributed by atoms with E-state index in [0.717, 1.165) is 31.7 Å². The van der Waals surface area contributed by atoms with Crippen LogP contribution in [0.3, 0.4) is 0 Å². The molecule has 2 aromatic rings. The maximum absolute atomic E-state index is 12.1. The van der Waals surface area contributed by atoms with Crippen LogP contribution in [0.15, 0.2) is 54.6 Å². The molecule has 0 aliphatic rings. The van der Waals surface area contributed by atoms with Crippen molar-refractivity contribution in [2.75, 3.05) is 18.4 Å². The summed E-state index contributed by atoms with van der Waals surface area (Å²) in [5.74, 6) is 0.0701. The number of benzene rings is 2. The summed E-state index contributed by atoms with van der Waals surface area (Å²) in [6.07, 6.45) is 1.52. The van der Waals surface area contributed by atoms with Crippen LogP contribution in [0.1, 0.15) is 31.4 Å². The first-order chi connectivity index (χ1) is 11.2. The molecular formula is C20H26N2O. The number of nitrogens with zero attached hydrogens (tertiary/aromatic N) is 1. The number of anilines is 1. The smallest absolute Gasteiger partial charge is 0.225 e. The van der Waals surface area contributed by atoms with E-state index in [1.165, 1.54) is 11.1 Å². The average molecular weight is 310 g/mol. The molecule has 1 amide bonds. The van der Waals surface area contributed by atoms with Crippen LogP contribution < -0.4 is 5.32 Å². The highest BCUT2D eigenvalue weighted by molar-refractivity contribution is 5.90. The molecule has 2 aromatic carbocycles. The van der Waals surface area contributed by atoms with E-state index < -0.39 is 0 Å². The van der Waals surface area contributed by atoms with Crippen molar-refractivity contribution < 1.29 is 4.79 Å². The van der Waals surface area contributed by atoms with E-state index in [1.807, 2.05) is 18.2 Å². The summed E-state index contributed by atoms with van der Waals surface area (Å²) in [7, 11) is 0. The van der Waals surface area contributed by atoms with Crippen molar-refractivity contribution in [1.29, 1.82) is 0 Å². The summed E-state index contributed by atoms with van der Waals surface area (Å²) in [6, 6.07) is 18.4. The molecule has 0 saturated heterocycles. The van der Waals surface area contributed by atoms with E-state index in [0.29, 0.717) is 6.42 Å². The fourth-order valence-electron chi connectivity index (χ4n) is 2.50. The molecule has 23 heavy (non-hydrogen) atoms. The second-order valence-corrected chi connectivity index (χ2v) is 5.70. The molecule has 0 aliphatic carbocycles. The Bertz CT molecular complexity index is 593. The van der Waals surface area contributed by atoms with E-state index in [2.05, 4.69) is 60.5 Å². The molecule has 0 fully saturated rings. The van der Waals surface area contributed by atoms with E-state index in [4.69, 9.17) is 0 Å². The van der Waals surface area contributed by atoms with Gasteiger partial charge in [-0.15, -0.1) is 0 Å². The zero-order valence-corrected chi connectivity index (χ0v) is 14.1. The Morgan fingerprint density at radius 2 is 1.65 bits per heavy atom. The standard InChI is InChI=1S/C20H26N2O/c1-3-17-10-12-19(13-11-17)21-20(23)14-15-22(4-2)16-18-8-6-5-7-9-18/h5-13H,3-4,14-16H2,1-2H3,(H,21,23). The van der Waals surface area contributed by atoms with E-state index in [1.54, 1.807) is 0 Å². The summed E-state index contributed by atoms with van der Waals surface area (Å²) in [4.78, 5) is 14.4. The molecule has 1 N–H and O–H groups in total. The van der Waals surface area contributed by atoms with Gasteiger partial charge in [-0.2, -0.15) is 0 Å². The van der Waals surface area contributed by atoms with Crippen molar-refractivity contribution >= 4 is 11.6 Å². The Morgan fingerprint density at radius 3 is 2.26 bits per heavy atom. The van der Waals surface area contributed by atoms with Gasteiger partial charge in [-0.1, -0.05) is 56.3 Å². The van der Waals surface area contributed by atoms with Crippen molar-refractivity contribution in [3.05, 3.63) is 65.7 Å². The molecule has 0 aliphatic heterocycles. The molecule has 0 saturated carbocycles. The molecule has 122 valence electrons. The third-order valence-electron chi connectivity index (χ3n) is 4.00. The fraction of sp³-hybridized carbons (Fsp3) is 0.350. The average Bonchev–Trinajstić information content (AvgIpc) is 2.60. The Hall–Kier alpha value is -2.13. The van der Waals surface area contributed by atoms with Crippen molar-refractivity contribution in [1.82, 2.24) is 4.90 Å². The molecule has 2 rings (SSSR count). The highest BCUT2D eigenvalue weighted by Gasteiger charge is 2.08. The summed E-state index contributed by atoms with van der Waals surface area (Å²) >= 11 is 0. The van der Waals surface area contributed by atoms with Crippen LogP contribution in [0.25, 0.3) is 0 Å². The number of hydrogen-bond acceptors (Lipinski definition) is 2. The lowest BCUT2D eigenvalue weighted by Gasteiger charge is -2.20. The van der Waals surface area contributed by atoms with Crippen LogP contribution in [0, 0.1) is 0 Å². The molecular weight excluding hydrogens is 284 g/mol. The van der Waals surface area contributed by atoms with Crippen LogP contribution in [-0.4, -0.2) is 23.9 Å². The predicted molar refractivity (Wildman–Crippen MR) is 96.5 cm³/mol. The molecule has 0 aromatic heterocycles. The van der Waals surface area contributed by atoms with Crippen molar-refractivity contribution in [2.24, 2.45) is 0 Å². The molecule has 0 spiro atoms. The maximum atomic E-state index is 12.1. The van der Waals surface area contributed by atoms with Gasteiger partial charge in [0.25, 0.3) is 0 Å². The number of carbonyl (C=O) groups excluding carboxylic acids is 1. The molecule has 0 atom stereocenters. The first kappa shape index (κ1) is 17.2. The first-order valence-electron chi connectivity index (χ1n) is 8.36. The largest absolute Gasteiger partial charge is 0.326 e. The molecule has 3 nitrogen and oxygen atoms in total. The van der Waals surface area contributed by atoms with Crippen LogP contribution in [-0.2, 0) is 17.8 Å². The molecule has 3 heteroatoms. The molecule has 0 bridgehead atoms. The lowest BCUT2D eigenvalue weighted by molar-refractivity contribution is -0.116. The summed E-state index contributed by atoms with van der Waals surface area (Å²) in [6.45, 7) is 6.84. The highest BCUT2D eigenvalue weighted by Crippen LogP contribution is 2.11. The zero-order valence-electron chi connectivity index (χ0n) is 14.1. The minimum Gasteiger partial charge on any atom is -0.326 e. The summed E-state index contributed by atoms with van der Waals surface area (Å²) in [5.41, 5.74) is 3.44. The fourth-order valence-corrected chi connectivity index (χ4v) is 2.50. The van der Waals surface area contributed by atoms with Crippen LogP contribution in [0.2, 0.25) is 0 Å². The molecule has 0 unspecified atom stereocenters. The monoisotopic (exact) mass is 310 g/mol. The Labute approximate surface area is 139 Å². The van der Waals surface area contributed by atoms with Gasteiger partial charge in [-0.05, 0) is 36.2 Å². The quantitative estimate of drug-likeness (QED) is 0.796. The minimum atomic E-state index is 0.0701. The second kappa shape index (κ2) is 9.11. The maximum Gasteiger partial charge on any atom is 0.225 e. The lowest BCUT2D eigenvalue weighted by Crippen LogP contribution is -2.27. The Morgan fingerprint density at radius 1 is 0.957 bits per heavy atom. The summed E-state index contributed by atoms with van der Waals surface area (Å²) < 4.78 is 0. The SMILES string of the molecule is CCc1ccc(NC(=O)CCN(CC)Cc2ccccc2)cc1. The predicted octanol–water partition coefficient (Wildman–Crippen LogP) is 4.10. The van der Waals surface area contributed by atoms with Crippen molar-refractivity contribution in [3.63, 3.8) is 0 Å². The van der Waals surface area contributed by atoms with E-state index in [9.17, 15) is 4.79 Å². The number of rotatable bonds is 8. The van der Waals surface area contributed by atoms with E-state index in [-0.39, 0.29) is 5.91 Å². The number of amides is 1. The van der Waals surface area contributed by atoms with Crippen LogP contribution in [0.4, 0.5) is 5.69 Å². The molecule has 0 heterocycles. The van der Waals surface area contributed by atoms with Gasteiger partial charge in [0.1, 0.15) is 0 Å². The van der Waals surface area contributed by atoms with Gasteiger partial charge >= 0.3 is 0 Å². The first-order valence-corrected chi connectivity index (χ1v) is 8.36. The Kier molecular flexibility index (Phi) is 6.82. The zero-order chi connectivity index (χ0) is 16.5. The van der Waals surface area contributed by atoms with Gasteiger partial charge in [-0.25, -0.2) is 0 Å². The Balaban J connectivity index is 1.79. The minimum absolute atomic E-state index is 0.0701. The van der Waals surface area contributed by atoms with Crippen LogP contribution in [0.5, 0.6) is 0 Å². The van der Waals surface area contributed by atoms with Gasteiger partial charge < -0.3 is 5.32 Å². The van der Waals surface area contributed by atoms with Gasteiger partial charge in [0.2, 0.25) is 5.91 Å². The van der Waals surface area contributed by atoms with E-state index >= 15 is 0 Å². The third-order valence-corrected chi connectivity index (χ3v) is 4.00. The van der Waals surface area contributed by atoms with Gasteiger partial charge in [0.05, 0.1) is 0 Å². The number of carbonyl (C=O) groups is 1. The van der Waals surface area contributed by atoms with Crippen LogP contribution >= 0.6 is 0 Å². The summed E-state index contributed by atoms with van der Waals surface area (Å²) in [5, 5.41) is 2.97. The highest BCUT2D eigenvalue weighted by atomic mass is 16.1. The lowest BCUT2D eigenvalue weighted by atomic mass is 10.1. The molecule has 0 radical (unpaired) electrons. The van der Waals surface area contributed by atoms with Crippen molar-refractivity contribution in [3.8, 4) is 0 Å². The number of hydrogen-bond donors (Lipinski definition) is 1. The number of nitrogens with one attached hydrogen (secondary N) is 1. The van der Waals surface area contributed by atoms with Gasteiger partial charge in [-0.3, -0.25) is 9.69 Å². The topological polar surface area (TPSA) is 32.3 Å². The number of aryl methyl sites for hydroxylation is 1. The van der Waals surface area contributed by atoms with Gasteiger partial charge in [0, 0.05) is 25.2 Å². The second-order valence-electron chi connectivity index (χ2n) is 5.70. The van der Waals surface area contributed by atoms with Gasteiger partial charge in [0.15, 0.2) is 0 Å². The third kappa shape index (κ3) is 5.87.